The van der Waals surface area contributed by atoms with Crippen LogP contribution in [0.3, 0.4) is 0 Å². The highest BCUT2D eigenvalue weighted by Gasteiger charge is 2.12. The zero-order valence-corrected chi connectivity index (χ0v) is 10.6. The first-order valence-electron chi connectivity index (χ1n) is 6.76. The molecular weight excluding hydrogens is 218 g/mol. The summed E-state index contributed by atoms with van der Waals surface area (Å²) in [4.78, 5) is 0. The Morgan fingerprint density at radius 3 is 2.50 bits per heavy atom. The number of fused-ring (bicyclic) bond motifs is 1. The highest BCUT2D eigenvalue weighted by molar-refractivity contribution is 5.90. The van der Waals surface area contributed by atoms with Crippen molar-refractivity contribution in [2.75, 3.05) is 0 Å². The molecule has 1 fully saturated rings. The zero-order chi connectivity index (χ0) is 12.4. The van der Waals surface area contributed by atoms with Gasteiger partial charge in [0.05, 0.1) is 0 Å². The number of rotatable bonds is 1. The van der Waals surface area contributed by atoms with E-state index in [1.165, 1.54) is 16.3 Å². The Morgan fingerprint density at radius 2 is 1.67 bits per heavy atom. The molecule has 0 unspecified atom stereocenters. The van der Waals surface area contributed by atoms with Crippen molar-refractivity contribution in [2.24, 2.45) is 5.73 Å². The Labute approximate surface area is 108 Å². The van der Waals surface area contributed by atoms with Crippen molar-refractivity contribution in [1.82, 2.24) is 0 Å². The van der Waals surface area contributed by atoms with E-state index in [1.54, 1.807) is 5.57 Å². The van der Waals surface area contributed by atoms with Crippen LogP contribution in [0.5, 0.6) is 0 Å². The van der Waals surface area contributed by atoms with E-state index in [0.717, 1.165) is 25.7 Å². The first-order chi connectivity index (χ1) is 8.83. The molecule has 1 saturated carbocycles. The zero-order valence-electron chi connectivity index (χ0n) is 10.6. The fourth-order valence-electron chi connectivity index (χ4n) is 2.75. The van der Waals surface area contributed by atoms with E-state index in [0.29, 0.717) is 6.04 Å². The van der Waals surface area contributed by atoms with Crippen LogP contribution in [0.1, 0.15) is 31.2 Å². The standard InChI is InChI=1S/C17H19N/c18-16-10-8-13(9-11-16)12-15-6-3-5-14-4-1-2-7-17(14)15/h1-7,12,16H,8-11,18H2. The van der Waals surface area contributed by atoms with Crippen LogP contribution >= 0.6 is 0 Å². The molecule has 1 nitrogen and oxygen atoms in total. The van der Waals surface area contributed by atoms with Crippen molar-refractivity contribution in [3.8, 4) is 0 Å². The molecule has 0 aliphatic heterocycles. The van der Waals surface area contributed by atoms with Crippen LogP contribution in [0.25, 0.3) is 16.8 Å². The third-order valence-corrected chi connectivity index (χ3v) is 3.86. The van der Waals surface area contributed by atoms with Gasteiger partial charge in [0, 0.05) is 6.04 Å². The third-order valence-electron chi connectivity index (χ3n) is 3.86. The lowest BCUT2D eigenvalue weighted by Crippen LogP contribution is -2.23. The lowest BCUT2D eigenvalue weighted by Gasteiger charge is -2.20. The predicted octanol–water partition coefficient (Wildman–Crippen LogP) is 4.12. The molecule has 1 aliphatic rings. The van der Waals surface area contributed by atoms with E-state index in [9.17, 15) is 0 Å². The summed E-state index contributed by atoms with van der Waals surface area (Å²) in [5, 5.41) is 2.67. The van der Waals surface area contributed by atoms with Gasteiger partial charge in [-0.15, -0.1) is 0 Å². The van der Waals surface area contributed by atoms with Crippen molar-refractivity contribution in [1.29, 1.82) is 0 Å². The van der Waals surface area contributed by atoms with Gasteiger partial charge in [0.25, 0.3) is 0 Å². The van der Waals surface area contributed by atoms with Gasteiger partial charge < -0.3 is 5.73 Å². The Balaban J connectivity index is 1.97. The van der Waals surface area contributed by atoms with Crippen LogP contribution in [-0.4, -0.2) is 6.04 Å². The summed E-state index contributed by atoms with van der Waals surface area (Å²) in [6.07, 6.45) is 6.95. The smallest absolute Gasteiger partial charge is 0.00449 e. The Morgan fingerprint density at radius 1 is 0.944 bits per heavy atom. The molecule has 0 aromatic heterocycles. The molecule has 0 spiro atoms. The van der Waals surface area contributed by atoms with E-state index in [-0.39, 0.29) is 0 Å². The minimum absolute atomic E-state index is 0.412. The number of benzene rings is 2. The van der Waals surface area contributed by atoms with E-state index < -0.39 is 0 Å². The van der Waals surface area contributed by atoms with E-state index in [4.69, 9.17) is 5.73 Å². The van der Waals surface area contributed by atoms with Crippen molar-refractivity contribution in [3.05, 3.63) is 53.6 Å². The summed E-state index contributed by atoms with van der Waals surface area (Å²) < 4.78 is 0. The van der Waals surface area contributed by atoms with Crippen LogP contribution in [0.15, 0.2) is 48.0 Å². The van der Waals surface area contributed by atoms with Gasteiger partial charge in [0.1, 0.15) is 0 Å². The predicted molar refractivity (Wildman–Crippen MR) is 78.4 cm³/mol. The van der Waals surface area contributed by atoms with Gasteiger partial charge in [-0.2, -0.15) is 0 Å². The summed E-state index contributed by atoms with van der Waals surface area (Å²) in [5.74, 6) is 0. The second kappa shape index (κ2) is 4.95. The first kappa shape index (κ1) is 11.5. The summed E-state index contributed by atoms with van der Waals surface area (Å²) in [7, 11) is 0. The maximum absolute atomic E-state index is 5.95. The normalized spacial score (nSPS) is 20.1. The molecule has 0 bridgehead atoms. The molecule has 1 heteroatoms. The van der Waals surface area contributed by atoms with Crippen LogP contribution in [-0.2, 0) is 0 Å². The molecule has 2 aromatic rings. The average molecular weight is 237 g/mol. The maximum atomic E-state index is 5.95. The molecule has 0 saturated heterocycles. The summed E-state index contributed by atoms with van der Waals surface area (Å²) in [6, 6.07) is 15.5. The Kier molecular flexibility index (Phi) is 3.16. The van der Waals surface area contributed by atoms with Crippen molar-refractivity contribution < 1.29 is 0 Å². The van der Waals surface area contributed by atoms with Gasteiger partial charge in [-0.1, -0.05) is 54.1 Å². The molecule has 0 radical (unpaired) electrons. The van der Waals surface area contributed by atoms with Crippen LogP contribution in [0.2, 0.25) is 0 Å². The second-order valence-corrected chi connectivity index (χ2v) is 5.21. The molecule has 0 amide bonds. The van der Waals surface area contributed by atoms with Gasteiger partial charge >= 0.3 is 0 Å². The fourth-order valence-corrected chi connectivity index (χ4v) is 2.75. The first-order valence-corrected chi connectivity index (χ1v) is 6.76. The minimum Gasteiger partial charge on any atom is -0.328 e. The minimum atomic E-state index is 0.412. The second-order valence-electron chi connectivity index (χ2n) is 5.21. The molecule has 18 heavy (non-hydrogen) atoms. The maximum Gasteiger partial charge on any atom is 0.00449 e. The van der Waals surface area contributed by atoms with Gasteiger partial charge in [0.2, 0.25) is 0 Å². The molecule has 0 atom stereocenters. The van der Waals surface area contributed by atoms with E-state index in [2.05, 4.69) is 48.5 Å². The molecule has 92 valence electrons. The van der Waals surface area contributed by atoms with E-state index >= 15 is 0 Å². The number of allylic oxidation sites excluding steroid dienone is 1. The lowest BCUT2D eigenvalue weighted by molar-refractivity contribution is 0.514. The highest BCUT2D eigenvalue weighted by Crippen LogP contribution is 2.27. The molecule has 0 heterocycles. The Hall–Kier alpha value is -1.60. The molecule has 1 aliphatic carbocycles. The van der Waals surface area contributed by atoms with Crippen molar-refractivity contribution >= 4 is 16.8 Å². The van der Waals surface area contributed by atoms with Gasteiger partial charge in [-0.25, -0.2) is 0 Å². The SMILES string of the molecule is NC1CCC(=Cc2cccc3ccccc23)CC1. The Bertz CT molecular complexity index is 568. The molecule has 3 rings (SSSR count). The number of nitrogens with two attached hydrogens (primary N) is 1. The monoisotopic (exact) mass is 237 g/mol. The average Bonchev–Trinajstić information content (AvgIpc) is 2.42. The van der Waals surface area contributed by atoms with Gasteiger partial charge in [0.15, 0.2) is 0 Å². The molecule has 2 aromatic carbocycles. The number of hydrogen-bond donors (Lipinski definition) is 1. The van der Waals surface area contributed by atoms with Gasteiger partial charge in [-0.3, -0.25) is 0 Å². The summed E-state index contributed by atoms with van der Waals surface area (Å²) in [6.45, 7) is 0. The molecule has 2 N–H and O–H groups in total. The fraction of sp³-hybridized carbons (Fsp3) is 0.294. The summed E-state index contributed by atoms with van der Waals surface area (Å²) in [5.41, 5.74) is 8.85. The third kappa shape index (κ3) is 2.32. The van der Waals surface area contributed by atoms with Crippen LogP contribution < -0.4 is 5.73 Å². The van der Waals surface area contributed by atoms with Crippen molar-refractivity contribution in [2.45, 2.75) is 31.7 Å². The topological polar surface area (TPSA) is 26.0 Å². The lowest BCUT2D eigenvalue weighted by atomic mass is 9.89. The number of hydrogen-bond acceptors (Lipinski definition) is 1. The van der Waals surface area contributed by atoms with E-state index in [1.807, 2.05) is 0 Å². The summed E-state index contributed by atoms with van der Waals surface area (Å²) >= 11 is 0. The van der Waals surface area contributed by atoms with Crippen LogP contribution in [0.4, 0.5) is 0 Å². The molecular formula is C17H19N. The largest absolute Gasteiger partial charge is 0.328 e. The quantitative estimate of drug-likeness (QED) is 0.793. The van der Waals surface area contributed by atoms with Crippen molar-refractivity contribution in [3.63, 3.8) is 0 Å². The van der Waals surface area contributed by atoms with Crippen LogP contribution in [0, 0.1) is 0 Å². The van der Waals surface area contributed by atoms with Gasteiger partial charge in [-0.05, 0) is 42.0 Å². The highest BCUT2D eigenvalue weighted by atomic mass is 14.6.